The normalized spacial score (nSPS) is 14.9. The van der Waals surface area contributed by atoms with Crippen molar-refractivity contribution in [1.29, 1.82) is 0 Å². The van der Waals surface area contributed by atoms with Gasteiger partial charge in [0.1, 0.15) is 4.83 Å². The molecule has 1 unspecified atom stereocenters. The Labute approximate surface area is 226 Å². The van der Waals surface area contributed by atoms with Crippen LogP contribution in [0.2, 0.25) is 0 Å². The van der Waals surface area contributed by atoms with Crippen LogP contribution in [0.25, 0.3) is 10.2 Å². The molecule has 11 nitrogen and oxygen atoms in total. The summed E-state index contributed by atoms with van der Waals surface area (Å²) in [7, 11) is 0. The molecule has 1 aliphatic rings. The molecule has 1 amide bonds. The third-order valence-electron chi connectivity index (χ3n) is 6.21. The third kappa shape index (κ3) is 6.66. The number of amides is 1. The Morgan fingerprint density at radius 2 is 2.03 bits per heavy atom. The first-order valence-electron chi connectivity index (χ1n) is 12.3. The van der Waals surface area contributed by atoms with Gasteiger partial charge in [-0.2, -0.15) is 0 Å². The van der Waals surface area contributed by atoms with Gasteiger partial charge in [0.05, 0.1) is 37.4 Å². The Bertz CT molecular complexity index is 1530. The minimum atomic E-state index is -0.992. The number of fused-ring (bicyclic) bond motifs is 1. The van der Waals surface area contributed by atoms with Crippen LogP contribution < -0.4 is 15.6 Å². The number of nitrogens with one attached hydrogen (secondary N) is 2. The van der Waals surface area contributed by atoms with Gasteiger partial charge < -0.3 is 29.6 Å². The number of benzene rings is 1. The Kier molecular flexibility index (Phi) is 8.25. The van der Waals surface area contributed by atoms with Crippen LogP contribution in [0.15, 0.2) is 52.8 Å². The molecule has 1 fully saturated rings. The largest absolute Gasteiger partial charge is 0.478 e. The molecule has 4 heterocycles. The van der Waals surface area contributed by atoms with Crippen molar-refractivity contribution < 1.29 is 28.9 Å². The van der Waals surface area contributed by atoms with Crippen LogP contribution >= 0.6 is 11.3 Å². The number of pyridine rings is 1. The van der Waals surface area contributed by atoms with E-state index in [0.717, 1.165) is 24.2 Å². The SMILES string of the molecule is O=C(O)c1ccc(COCc2csc3nc(C(=O)NCc4ccnc(OCC5CCOC5)c4)[nH]c(=O)c23)cc1. The van der Waals surface area contributed by atoms with Crippen molar-refractivity contribution in [3.63, 3.8) is 0 Å². The molecule has 202 valence electrons. The van der Waals surface area contributed by atoms with E-state index in [1.165, 1.54) is 23.5 Å². The lowest BCUT2D eigenvalue weighted by Crippen LogP contribution is -2.27. The van der Waals surface area contributed by atoms with Gasteiger partial charge in [0.2, 0.25) is 11.7 Å². The van der Waals surface area contributed by atoms with Gasteiger partial charge in [-0.1, -0.05) is 12.1 Å². The number of carbonyl (C=O) groups is 2. The summed E-state index contributed by atoms with van der Waals surface area (Å²) < 4.78 is 16.8. The van der Waals surface area contributed by atoms with Gasteiger partial charge in [0, 0.05) is 36.9 Å². The summed E-state index contributed by atoms with van der Waals surface area (Å²) in [6, 6.07) is 9.92. The number of hydrogen-bond donors (Lipinski definition) is 3. The number of ether oxygens (including phenoxy) is 3. The molecule has 0 radical (unpaired) electrons. The number of carboxylic acids is 1. The number of nitrogens with zero attached hydrogens (tertiary/aromatic N) is 2. The van der Waals surface area contributed by atoms with Crippen molar-refractivity contribution in [3.05, 3.63) is 86.4 Å². The highest BCUT2D eigenvalue weighted by atomic mass is 32.1. The van der Waals surface area contributed by atoms with Crippen LogP contribution in [-0.4, -0.2) is 51.8 Å². The Morgan fingerprint density at radius 3 is 2.79 bits per heavy atom. The van der Waals surface area contributed by atoms with E-state index < -0.39 is 17.4 Å². The fraction of sp³-hybridized carbons (Fsp3) is 0.296. The molecule has 0 bridgehead atoms. The van der Waals surface area contributed by atoms with E-state index in [0.29, 0.717) is 40.8 Å². The lowest BCUT2D eigenvalue weighted by Gasteiger charge is -2.10. The van der Waals surface area contributed by atoms with Gasteiger partial charge in [0.25, 0.3) is 11.5 Å². The fourth-order valence-corrected chi connectivity index (χ4v) is 4.99. The van der Waals surface area contributed by atoms with Crippen LogP contribution in [0.1, 0.15) is 44.1 Å². The number of aromatic amines is 1. The summed E-state index contributed by atoms with van der Waals surface area (Å²) in [4.78, 5) is 48.1. The summed E-state index contributed by atoms with van der Waals surface area (Å²) in [5.74, 6) is -0.740. The van der Waals surface area contributed by atoms with E-state index >= 15 is 0 Å². The maximum atomic E-state index is 12.8. The predicted molar refractivity (Wildman–Crippen MR) is 142 cm³/mol. The van der Waals surface area contributed by atoms with E-state index in [4.69, 9.17) is 19.3 Å². The van der Waals surface area contributed by atoms with Crippen LogP contribution in [0, 0.1) is 5.92 Å². The Hall–Kier alpha value is -4.13. The quantitative estimate of drug-likeness (QED) is 0.256. The zero-order valence-electron chi connectivity index (χ0n) is 20.8. The number of rotatable bonds is 11. The number of aromatic carboxylic acids is 1. The molecule has 0 saturated carbocycles. The molecule has 1 aliphatic heterocycles. The fourth-order valence-electron chi connectivity index (χ4n) is 4.07. The molecule has 4 aromatic rings. The van der Waals surface area contributed by atoms with E-state index in [1.54, 1.807) is 35.8 Å². The van der Waals surface area contributed by atoms with Gasteiger partial charge in [0.15, 0.2) is 0 Å². The van der Waals surface area contributed by atoms with Crippen molar-refractivity contribution in [1.82, 2.24) is 20.3 Å². The lowest BCUT2D eigenvalue weighted by molar-refractivity contribution is 0.0696. The van der Waals surface area contributed by atoms with Crippen LogP contribution in [0.4, 0.5) is 0 Å². The van der Waals surface area contributed by atoms with Gasteiger partial charge in [-0.05, 0) is 41.1 Å². The number of carboxylic acid groups (broad SMARTS) is 1. The second-order valence-electron chi connectivity index (χ2n) is 9.08. The van der Waals surface area contributed by atoms with Gasteiger partial charge >= 0.3 is 5.97 Å². The molecule has 1 saturated heterocycles. The van der Waals surface area contributed by atoms with Crippen molar-refractivity contribution in [2.75, 3.05) is 19.8 Å². The zero-order chi connectivity index (χ0) is 27.2. The second-order valence-corrected chi connectivity index (χ2v) is 9.93. The molecular formula is C27H26N4O7S. The first-order valence-corrected chi connectivity index (χ1v) is 13.2. The number of carbonyl (C=O) groups excluding carboxylic acids is 1. The van der Waals surface area contributed by atoms with Gasteiger partial charge in [-0.3, -0.25) is 9.59 Å². The molecule has 0 spiro atoms. The van der Waals surface area contributed by atoms with Crippen molar-refractivity contribution in [2.24, 2.45) is 5.92 Å². The molecule has 39 heavy (non-hydrogen) atoms. The number of aromatic nitrogens is 3. The van der Waals surface area contributed by atoms with Gasteiger partial charge in [-0.25, -0.2) is 14.8 Å². The highest BCUT2D eigenvalue weighted by Gasteiger charge is 2.18. The van der Waals surface area contributed by atoms with Gasteiger partial charge in [-0.15, -0.1) is 11.3 Å². The zero-order valence-corrected chi connectivity index (χ0v) is 21.7. The highest BCUT2D eigenvalue weighted by molar-refractivity contribution is 7.16. The molecule has 3 N–H and O–H groups in total. The monoisotopic (exact) mass is 550 g/mol. The van der Waals surface area contributed by atoms with Crippen molar-refractivity contribution in [3.8, 4) is 5.88 Å². The van der Waals surface area contributed by atoms with E-state index in [9.17, 15) is 14.4 Å². The molecule has 12 heteroatoms. The van der Waals surface area contributed by atoms with E-state index in [2.05, 4.69) is 20.3 Å². The predicted octanol–water partition coefficient (Wildman–Crippen LogP) is 3.14. The summed E-state index contributed by atoms with van der Waals surface area (Å²) in [6.07, 6.45) is 2.59. The highest BCUT2D eigenvalue weighted by Crippen LogP contribution is 2.22. The Balaban J connectivity index is 1.17. The van der Waals surface area contributed by atoms with Crippen molar-refractivity contribution >= 4 is 33.4 Å². The first kappa shape index (κ1) is 26.5. The number of thiophene rings is 1. The minimum absolute atomic E-state index is 0.0768. The molecule has 1 aromatic carbocycles. The molecule has 1 atom stereocenters. The number of hydrogen-bond acceptors (Lipinski definition) is 9. The molecule has 0 aliphatic carbocycles. The third-order valence-corrected chi connectivity index (χ3v) is 7.13. The van der Waals surface area contributed by atoms with E-state index in [1.807, 2.05) is 0 Å². The maximum Gasteiger partial charge on any atom is 0.335 e. The smallest absolute Gasteiger partial charge is 0.335 e. The first-order chi connectivity index (χ1) is 19.0. The van der Waals surface area contributed by atoms with Crippen LogP contribution in [-0.2, 0) is 29.2 Å². The molecule has 5 rings (SSSR count). The van der Waals surface area contributed by atoms with Crippen molar-refractivity contribution in [2.45, 2.75) is 26.2 Å². The minimum Gasteiger partial charge on any atom is -0.478 e. The molecular weight excluding hydrogens is 524 g/mol. The summed E-state index contributed by atoms with van der Waals surface area (Å²) >= 11 is 1.25. The standard InChI is InChI=1S/C27H26N4O7S/c32-24-22-20(14-37-11-16-1-3-19(4-2-16)27(34)35)15-39-26(22)31-23(30-24)25(33)29-10-17-5-7-28-21(9-17)38-13-18-6-8-36-12-18/h1-5,7,9,15,18H,6,8,10-14H2,(H,29,33)(H,34,35)(H,30,31,32). The summed E-state index contributed by atoms with van der Waals surface area (Å²) in [6.45, 7) is 2.60. The second kappa shape index (κ2) is 12.2. The van der Waals surface area contributed by atoms with Crippen LogP contribution in [0.3, 0.4) is 0 Å². The van der Waals surface area contributed by atoms with Crippen LogP contribution in [0.5, 0.6) is 5.88 Å². The Morgan fingerprint density at radius 1 is 1.18 bits per heavy atom. The average Bonchev–Trinajstić information content (AvgIpc) is 3.61. The summed E-state index contributed by atoms with van der Waals surface area (Å²) in [5, 5.41) is 13.9. The maximum absolute atomic E-state index is 12.8. The number of H-pyrrole nitrogens is 1. The van der Waals surface area contributed by atoms with E-state index in [-0.39, 0.29) is 31.1 Å². The topological polar surface area (TPSA) is 153 Å². The average molecular weight is 551 g/mol. The summed E-state index contributed by atoms with van der Waals surface area (Å²) in [5.41, 5.74) is 2.04. The molecule has 3 aromatic heterocycles. The lowest BCUT2D eigenvalue weighted by atomic mass is 10.1.